The predicted octanol–water partition coefficient (Wildman–Crippen LogP) is 4.28. The van der Waals surface area contributed by atoms with E-state index in [1.54, 1.807) is 24.3 Å². The fourth-order valence-electron chi connectivity index (χ4n) is 3.27. The summed E-state index contributed by atoms with van der Waals surface area (Å²) in [6.45, 7) is 3.51. The zero-order valence-corrected chi connectivity index (χ0v) is 15.1. The number of amides is 2. The van der Waals surface area contributed by atoms with E-state index in [9.17, 15) is 9.59 Å². The molecule has 3 rings (SSSR count). The number of nitrogens with one attached hydrogen (secondary N) is 2. The van der Waals surface area contributed by atoms with Crippen LogP contribution in [0.2, 0.25) is 0 Å². The van der Waals surface area contributed by atoms with Crippen LogP contribution in [0.25, 0.3) is 0 Å². The summed E-state index contributed by atoms with van der Waals surface area (Å²) in [5.41, 5.74) is 3.16. The van der Waals surface area contributed by atoms with Crippen molar-refractivity contribution in [1.82, 2.24) is 0 Å². The Labute approximate surface area is 154 Å². The van der Waals surface area contributed by atoms with Gasteiger partial charge in [-0.05, 0) is 49.2 Å². The molecule has 1 aliphatic rings. The van der Waals surface area contributed by atoms with Crippen LogP contribution in [-0.4, -0.2) is 24.9 Å². The summed E-state index contributed by atoms with van der Waals surface area (Å²) < 4.78 is 0. The minimum atomic E-state index is -0.151. The van der Waals surface area contributed by atoms with Crippen molar-refractivity contribution in [3.05, 3.63) is 54.1 Å². The quantitative estimate of drug-likeness (QED) is 0.864. The van der Waals surface area contributed by atoms with Crippen LogP contribution in [0.4, 0.5) is 17.1 Å². The van der Waals surface area contributed by atoms with Crippen LogP contribution < -0.4 is 15.5 Å². The molecule has 0 radical (unpaired) electrons. The summed E-state index contributed by atoms with van der Waals surface area (Å²) in [5, 5.41) is 5.74. The molecule has 0 unspecified atom stereocenters. The molecule has 2 N–H and O–H groups in total. The van der Waals surface area contributed by atoms with E-state index in [-0.39, 0.29) is 11.8 Å². The zero-order chi connectivity index (χ0) is 18.4. The van der Waals surface area contributed by atoms with E-state index >= 15 is 0 Å². The van der Waals surface area contributed by atoms with E-state index in [4.69, 9.17) is 0 Å². The zero-order valence-electron chi connectivity index (χ0n) is 15.1. The van der Waals surface area contributed by atoms with E-state index in [0.717, 1.165) is 24.5 Å². The molecule has 2 aromatic carbocycles. The summed E-state index contributed by atoms with van der Waals surface area (Å²) in [5.74, 6) is -0.282. The summed E-state index contributed by atoms with van der Waals surface area (Å²) in [4.78, 5) is 26.1. The van der Waals surface area contributed by atoms with Crippen LogP contribution >= 0.6 is 0 Å². The Morgan fingerprint density at radius 1 is 0.846 bits per heavy atom. The number of carbonyl (C=O) groups is 2. The van der Waals surface area contributed by atoms with Crippen LogP contribution in [0.3, 0.4) is 0 Å². The molecule has 0 bridgehead atoms. The van der Waals surface area contributed by atoms with Gasteiger partial charge < -0.3 is 15.5 Å². The summed E-state index contributed by atoms with van der Waals surface area (Å²) in [6.07, 6.45) is 4.91. The molecule has 1 aliphatic heterocycles. The van der Waals surface area contributed by atoms with Gasteiger partial charge in [0.15, 0.2) is 0 Å². The molecule has 1 saturated heterocycles. The Morgan fingerprint density at radius 3 is 2.15 bits per heavy atom. The summed E-state index contributed by atoms with van der Waals surface area (Å²) in [6, 6.07) is 14.9. The summed E-state index contributed by atoms with van der Waals surface area (Å²) >= 11 is 0. The Balaban J connectivity index is 1.74. The first-order valence-corrected chi connectivity index (χ1v) is 9.16. The molecular weight excluding hydrogens is 326 g/mol. The van der Waals surface area contributed by atoms with Crippen LogP contribution in [0.5, 0.6) is 0 Å². The van der Waals surface area contributed by atoms with Gasteiger partial charge in [0, 0.05) is 31.3 Å². The number of hydrogen-bond acceptors (Lipinski definition) is 3. The third-order valence-corrected chi connectivity index (χ3v) is 4.57. The van der Waals surface area contributed by atoms with Crippen molar-refractivity contribution in [3.8, 4) is 0 Å². The second kappa shape index (κ2) is 8.52. The number of para-hydroxylation sites is 2. The highest BCUT2D eigenvalue weighted by atomic mass is 16.2. The molecule has 1 fully saturated rings. The van der Waals surface area contributed by atoms with Gasteiger partial charge >= 0.3 is 0 Å². The highest BCUT2D eigenvalue weighted by Gasteiger charge is 2.15. The number of carbonyl (C=O) groups excluding carboxylic acids is 2. The smallest absolute Gasteiger partial charge is 0.255 e. The van der Waals surface area contributed by atoms with Gasteiger partial charge in [0.05, 0.1) is 11.4 Å². The number of rotatable bonds is 4. The van der Waals surface area contributed by atoms with Crippen molar-refractivity contribution in [2.75, 3.05) is 28.6 Å². The van der Waals surface area contributed by atoms with E-state index in [1.165, 1.54) is 32.6 Å². The lowest BCUT2D eigenvalue weighted by atomic mass is 10.1. The van der Waals surface area contributed by atoms with E-state index < -0.39 is 0 Å². The van der Waals surface area contributed by atoms with E-state index in [2.05, 4.69) is 21.6 Å². The SMILES string of the molecule is CC(=O)Nc1ccc(C(=O)Nc2ccccc2N2CCCCCC2)cc1. The van der Waals surface area contributed by atoms with Gasteiger partial charge in [0.2, 0.25) is 5.91 Å². The Kier molecular flexibility index (Phi) is 5.89. The van der Waals surface area contributed by atoms with Crippen LogP contribution in [-0.2, 0) is 4.79 Å². The van der Waals surface area contributed by atoms with Crippen molar-refractivity contribution in [3.63, 3.8) is 0 Å². The molecule has 26 heavy (non-hydrogen) atoms. The van der Waals surface area contributed by atoms with Gasteiger partial charge in [0.25, 0.3) is 5.91 Å². The first-order valence-electron chi connectivity index (χ1n) is 9.16. The van der Waals surface area contributed by atoms with Gasteiger partial charge in [0.1, 0.15) is 0 Å². The monoisotopic (exact) mass is 351 g/mol. The predicted molar refractivity (Wildman–Crippen MR) is 106 cm³/mol. The largest absolute Gasteiger partial charge is 0.370 e. The molecule has 0 saturated carbocycles. The molecule has 2 aromatic rings. The topological polar surface area (TPSA) is 61.4 Å². The minimum Gasteiger partial charge on any atom is -0.370 e. The Bertz CT molecular complexity index is 763. The average molecular weight is 351 g/mol. The third kappa shape index (κ3) is 4.63. The lowest BCUT2D eigenvalue weighted by Crippen LogP contribution is -2.25. The molecular formula is C21H25N3O2. The standard InChI is InChI=1S/C21H25N3O2/c1-16(25)22-18-12-10-17(11-13-18)21(26)23-19-8-4-5-9-20(19)24-14-6-2-3-7-15-24/h4-5,8-13H,2-3,6-7,14-15H2,1H3,(H,22,25)(H,23,26). The van der Waals surface area contributed by atoms with Crippen molar-refractivity contribution < 1.29 is 9.59 Å². The normalized spacial score (nSPS) is 14.4. The molecule has 0 atom stereocenters. The molecule has 2 amide bonds. The van der Waals surface area contributed by atoms with Gasteiger partial charge in [-0.2, -0.15) is 0 Å². The maximum absolute atomic E-state index is 12.6. The maximum Gasteiger partial charge on any atom is 0.255 e. The Hall–Kier alpha value is -2.82. The van der Waals surface area contributed by atoms with Gasteiger partial charge in [-0.25, -0.2) is 0 Å². The number of anilines is 3. The van der Waals surface area contributed by atoms with Crippen LogP contribution in [0, 0.1) is 0 Å². The number of benzene rings is 2. The molecule has 5 nitrogen and oxygen atoms in total. The van der Waals surface area contributed by atoms with Crippen LogP contribution in [0.15, 0.2) is 48.5 Å². The van der Waals surface area contributed by atoms with E-state index in [0.29, 0.717) is 11.3 Å². The first kappa shape index (κ1) is 18.0. The molecule has 136 valence electrons. The van der Waals surface area contributed by atoms with Crippen molar-refractivity contribution >= 4 is 28.9 Å². The van der Waals surface area contributed by atoms with E-state index in [1.807, 2.05) is 18.2 Å². The van der Waals surface area contributed by atoms with Crippen LogP contribution in [0.1, 0.15) is 43.0 Å². The fourth-order valence-corrected chi connectivity index (χ4v) is 3.27. The Morgan fingerprint density at radius 2 is 1.50 bits per heavy atom. The first-order chi connectivity index (χ1) is 12.6. The number of hydrogen-bond donors (Lipinski definition) is 2. The molecule has 5 heteroatoms. The highest BCUT2D eigenvalue weighted by molar-refractivity contribution is 6.06. The second-order valence-electron chi connectivity index (χ2n) is 6.63. The van der Waals surface area contributed by atoms with Crippen molar-refractivity contribution in [2.24, 2.45) is 0 Å². The molecule has 0 spiro atoms. The van der Waals surface area contributed by atoms with Crippen molar-refractivity contribution in [1.29, 1.82) is 0 Å². The maximum atomic E-state index is 12.6. The van der Waals surface area contributed by atoms with Gasteiger partial charge in [-0.15, -0.1) is 0 Å². The molecule has 1 heterocycles. The second-order valence-corrected chi connectivity index (χ2v) is 6.63. The lowest BCUT2D eigenvalue weighted by molar-refractivity contribution is -0.114. The summed E-state index contributed by atoms with van der Waals surface area (Å²) in [7, 11) is 0. The third-order valence-electron chi connectivity index (χ3n) is 4.57. The lowest BCUT2D eigenvalue weighted by Gasteiger charge is -2.25. The minimum absolute atomic E-state index is 0.131. The number of nitrogens with zero attached hydrogens (tertiary/aromatic N) is 1. The average Bonchev–Trinajstić information content (AvgIpc) is 2.91. The van der Waals surface area contributed by atoms with Gasteiger partial charge in [-0.1, -0.05) is 25.0 Å². The van der Waals surface area contributed by atoms with Gasteiger partial charge in [-0.3, -0.25) is 9.59 Å². The molecule has 0 aliphatic carbocycles. The fraction of sp³-hybridized carbons (Fsp3) is 0.333. The van der Waals surface area contributed by atoms with Crippen molar-refractivity contribution in [2.45, 2.75) is 32.6 Å². The molecule has 0 aromatic heterocycles. The highest BCUT2D eigenvalue weighted by Crippen LogP contribution is 2.28.